The number of ether oxygens (including phenoxy) is 1. The molecule has 2 aromatic heterocycles. The van der Waals surface area contributed by atoms with Crippen LogP contribution in [0, 0.1) is 24.0 Å². The monoisotopic (exact) mass is 356 g/mol. The summed E-state index contributed by atoms with van der Waals surface area (Å²) in [6, 6.07) is 5.86. The van der Waals surface area contributed by atoms with Gasteiger partial charge in [0.25, 0.3) is 17.4 Å². The lowest BCUT2D eigenvalue weighted by atomic mass is 10.1. The molecule has 1 amide bonds. The molecule has 1 N–H and O–H groups in total. The summed E-state index contributed by atoms with van der Waals surface area (Å²) in [5, 5.41) is 21.8. The molecule has 0 aliphatic heterocycles. The molecule has 0 atom stereocenters. The minimum atomic E-state index is -0.613. The molecule has 0 saturated heterocycles. The molecule has 0 fully saturated rings. The third-order valence-corrected chi connectivity index (χ3v) is 3.81. The average Bonchev–Trinajstić information content (AvgIpc) is 3.02. The van der Waals surface area contributed by atoms with Crippen molar-refractivity contribution in [1.82, 2.24) is 24.9 Å². The van der Waals surface area contributed by atoms with E-state index >= 15 is 0 Å². The van der Waals surface area contributed by atoms with E-state index in [1.54, 1.807) is 4.40 Å². The maximum Gasteiger partial charge on any atom is 0.282 e. The van der Waals surface area contributed by atoms with E-state index in [1.807, 2.05) is 19.9 Å². The zero-order valence-corrected chi connectivity index (χ0v) is 14.4. The molecule has 1 aromatic carbocycles. The Balaban J connectivity index is 1.87. The fourth-order valence-corrected chi connectivity index (χ4v) is 2.65. The highest BCUT2D eigenvalue weighted by molar-refractivity contribution is 5.98. The molecule has 0 saturated carbocycles. The van der Waals surface area contributed by atoms with Crippen molar-refractivity contribution in [3.63, 3.8) is 0 Å². The third kappa shape index (κ3) is 3.16. The lowest BCUT2D eigenvalue weighted by Crippen LogP contribution is -2.25. The van der Waals surface area contributed by atoms with Crippen LogP contribution in [0.1, 0.15) is 27.6 Å². The quantitative estimate of drug-likeness (QED) is 0.543. The van der Waals surface area contributed by atoms with E-state index in [2.05, 4.69) is 20.5 Å². The zero-order chi connectivity index (χ0) is 18.8. The van der Waals surface area contributed by atoms with Crippen molar-refractivity contribution < 1.29 is 14.5 Å². The number of nitro groups is 1. The van der Waals surface area contributed by atoms with Crippen molar-refractivity contribution >= 4 is 17.4 Å². The molecule has 0 bridgehead atoms. The van der Waals surface area contributed by atoms with Crippen molar-refractivity contribution in [2.24, 2.45) is 0 Å². The summed E-state index contributed by atoms with van der Waals surface area (Å²) in [6.45, 7) is 3.77. The van der Waals surface area contributed by atoms with Crippen LogP contribution < -0.4 is 10.1 Å². The van der Waals surface area contributed by atoms with Gasteiger partial charge in [-0.15, -0.1) is 10.2 Å². The number of methoxy groups -OCH3 is 1. The Kier molecular flexibility index (Phi) is 4.48. The molecule has 26 heavy (non-hydrogen) atoms. The number of benzene rings is 1. The fourth-order valence-electron chi connectivity index (χ4n) is 2.65. The molecule has 2 heterocycles. The van der Waals surface area contributed by atoms with E-state index in [1.165, 1.54) is 25.3 Å². The average molecular weight is 356 g/mol. The molecule has 0 radical (unpaired) electrons. The van der Waals surface area contributed by atoms with Crippen LogP contribution in [0.25, 0.3) is 5.78 Å². The second-order valence-electron chi connectivity index (χ2n) is 5.61. The van der Waals surface area contributed by atoms with Crippen molar-refractivity contribution in [2.75, 3.05) is 7.11 Å². The minimum Gasteiger partial charge on any atom is -0.497 e. The Morgan fingerprint density at radius 2 is 2.08 bits per heavy atom. The first-order chi connectivity index (χ1) is 12.4. The van der Waals surface area contributed by atoms with Gasteiger partial charge in [0.1, 0.15) is 11.3 Å². The smallest absolute Gasteiger partial charge is 0.282 e. The fraction of sp³-hybridized carbons (Fsp3) is 0.250. The number of carbonyl (C=O) groups excluding carboxylic acids is 1. The van der Waals surface area contributed by atoms with Crippen LogP contribution >= 0.6 is 0 Å². The molecule has 0 aliphatic carbocycles. The number of carbonyl (C=O) groups is 1. The first-order valence-electron chi connectivity index (χ1n) is 7.69. The van der Waals surface area contributed by atoms with Gasteiger partial charge >= 0.3 is 0 Å². The van der Waals surface area contributed by atoms with Crippen molar-refractivity contribution in [3.8, 4) is 5.75 Å². The first kappa shape index (κ1) is 17.3. The van der Waals surface area contributed by atoms with Crippen LogP contribution in [0.2, 0.25) is 0 Å². The SMILES string of the molecule is COc1ccc([N+](=O)[O-])c(C(=O)NCc2nnc3nc(C)cc(C)n23)c1. The topological polar surface area (TPSA) is 125 Å². The molecule has 134 valence electrons. The molecule has 0 unspecified atom stereocenters. The molecule has 10 nitrogen and oxygen atoms in total. The zero-order valence-electron chi connectivity index (χ0n) is 14.4. The van der Waals surface area contributed by atoms with E-state index < -0.39 is 10.8 Å². The van der Waals surface area contributed by atoms with Crippen molar-refractivity contribution in [2.45, 2.75) is 20.4 Å². The van der Waals surface area contributed by atoms with Gasteiger partial charge in [-0.2, -0.15) is 0 Å². The maximum atomic E-state index is 12.5. The van der Waals surface area contributed by atoms with Gasteiger partial charge in [0, 0.05) is 17.5 Å². The Labute approximate surface area is 148 Å². The number of hydrogen-bond acceptors (Lipinski definition) is 7. The van der Waals surface area contributed by atoms with Gasteiger partial charge in [-0.3, -0.25) is 19.3 Å². The Morgan fingerprint density at radius 1 is 1.31 bits per heavy atom. The summed E-state index contributed by atoms with van der Waals surface area (Å²) in [5.41, 5.74) is 1.29. The number of rotatable bonds is 5. The van der Waals surface area contributed by atoms with Gasteiger partial charge in [0.05, 0.1) is 18.6 Å². The van der Waals surface area contributed by atoms with E-state index in [0.29, 0.717) is 17.4 Å². The largest absolute Gasteiger partial charge is 0.497 e. The molecule has 10 heteroatoms. The summed E-state index contributed by atoms with van der Waals surface area (Å²) in [4.78, 5) is 27.3. The molecule has 3 rings (SSSR count). The van der Waals surface area contributed by atoms with E-state index in [4.69, 9.17) is 4.74 Å². The summed E-state index contributed by atoms with van der Waals surface area (Å²) in [6.07, 6.45) is 0. The van der Waals surface area contributed by atoms with Crippen LogP contribution in [0.4, 0.5) is 5.69 Å². The van der Waals surface area contributed by atoms with Gasteiger partial charge in [-0.05, 0) is 32.0 Å². The van der Waals surface area contributed by atoms with Crippen LogP contribution in [-0.4, -0.2) is 37.5 Å². The Bertz CT molecular complexity index is 1010. The van der Waals surface area contributed by atoms with E-state index in [0.717, 1.165) is 11.4 Å². The summed E-state index contributed by atoms with van der Waals surface area (Å²) >= 11 is 0. The third-order valence-electron chi connectivity index (χ3n) is 3.81. The molecular formula is C16H16N6O4. The number of fused-ring (bicyclic) bond motifs is 1. The highest BCUT2D eigenvalue weighted by atomic mass is 16.6. The number of nitro benzene ring substituents is 1. The predicted molar refractivity (Wildman–Crippen MR) is 91.1 cm³/mol. The van der Waals surface area contributed by atoms with Gasteiger partial charge in [-0.1, -0.05) is 0 Å². The number of aromatic nitrogens is 4. The van der Waals surface area contributed by atoms with Crippen molar-refractivity contribution in [1.29, 1.82) is 0 Å². The number of nitrogens with zero attached hydrogens (tertiary/aromatic N) is 5. The van der Waals surface area contributed by atoms with Gasteiger partial charge < -0.3 is 10.1 Å². The van der Waals surface area contributed by atoms with Gasteiger partial charge in [-0.25, -0.2) is 4.98 Å². The van der Waals surface area contributed by atoms with E-state index in [-0.39, 0.29) is 17.8 Å². The minimum absolute atomic E-state index is 0.0416. The van der Waals surface area contributed by atoms with Crippen LogP contribution in [0.5, 0.6) is 5.75 Å². The Hall–Kier alpha value is -3.56. The summed E-state index contributed by atoms with van der Waals surface area (Å²) < 4.78 is 6.75. The number of nitrogens with one attached hydrogen (secondary N) is 1. The first-order valence-corrected chi connectivity index (χ1v) is 7.69. The molecular weight excluding hydrogens is 340 g/mol. The normalized spacial score (nSPS) is 10.7. The lowest BCUT2D eigenvalue weighted by molar-refractivity contribution is -0.385. The lowest BCUT2D eigenvalue weighted by Gasteiger charge is -2.08. The standard InChI is InChI=1S/C16H16N6O4/c1-9-6-10(2)21-14(19-20-16(21)18-9)8-17-15(23)12-7-11(26-3)4-5-13(12)22(24)25/h4-7H,8H2,1-3H3,(H,17,23). The second-order valence-corrected chi connectivity index (χ2v) is 5.61. The second kappa shape index (κ2) is 6.75. The predicted octanol–water partition coefficient (Wildman–Crippen LogP) is 1.59. The highest BCUT2D eigenvalue weighted by Gasteiger charge is 2.21. The Morgan fingerprint density at radius 3 is 2.77 bits per heavy atom. The van der Waals surface area contributed by atoms with E-state index in [9.17, 15) is 14.9 Å². The molecule has 0 spiro atoms. The molecule has 0 aliphatic rings. The van der Waals surface area contributed by atoms with Gasteiger partial charge in [0.15, 0.2) is 5.82 Å². The number of amides is 1. The van der Waals surface area contributed by atoms with Crippen molar-refractivity contribution in [3.05, 3.63) is 57.2 Å². The summed E-state index contributed by atoms with van der Waals surface area (Å²) in [7, 11) is 1.42. The van der Waals surface area contributed by atoms with Crippen LogP contribution in [0.3, 0.4) is 0 Å². The van der Waals surface area contributed by atoms with Crippen LogP contribution in [0.15, 0.2) is 24.3 Å². The molecule has 3 aromatic rings. The summed E-state index contributed by atoms with van der Waals surface area (Å²) in [5.74, 6) is 0.650. The van der Waals surface area contributed by atoms with Crippen LogP contribution in [-0.2, 0) is 6.54 Å². The van der Waals surface area contributed by atoms with Gasteiger partial charge in [0.2, 0.25) is 0 Å². The maximum absolute atomic E-state index is 12.5. The highest BCUT2D eigenvalue weighted by Crippen LogP contribution is 2.24. The number of hydrogen-bond donors (Lipinski definition) is 1. The number of aryl methyl sites for hydroxylation is 2.